The largest absolute Gasteiger partial charge is 0.484 e. The Morgan fingerprint density at radius 2 is 1.89 bits per heavy atom. The zero-order valence-corrected chi connectivity index (χ0v) is 12.1. The summed E-state index contributed by atoms with van der Waals surface area (Å²) in [5, 5.41) is 9.75. The summed E-state index contributed by atoms with van der Waals surface area (Å²) in [5.41, 5.74) is 0.256. The van der Waals surface area contributed by atoms with Crippen molar-refractivity contribution in [3.05, 3.63) is 29.8 Å². The average molecular weight is 265 g/mol. The molecular formula is C15H23NO3. The first-order valence-corrected chi connectivity index (χ1v) is 6.51. The molecule has 0 saturated heterocycles. The van der Waals surface area contributed by atoms with Crippen molar-refractivity contribution in [3.8, 4) is 5.75 Å². The van der Waals surface area contributed by atoms with E-state index in [1.807, 2.05) is 38.1 Å². The Bertz CT molecular complexity index is 406. The summed E-state index contributed by atoms with van der Waals surface area (Å²) in [4.78, 5) is 13.6. The van der Waals surface area contributed by atoms with Crippen LogP contribution >= 0.6 is 0 Å². The Balaban J connectivity index is 2.51. The van der Waals surface area contributed by atoms with Gasteiger partial charge in [-0.1, -0.05) is 17.7 Å². The van der Waals surface area contributed by atoms with Crippen LogP contribution in [0.4, 0.5) is 0 Å². The minimum atomic E-state index is -0.893. The third kappa shape index (κ3) is 5.75. The Morgan fingerprint density at radius 1 is 1.32 bits per heavy atom. The van der Waals surface area contributed by atoms with Gasteiger partial charge in [-0.3, -0.25) is 4.79 Å². The van der Waals surface area contributed by atoms with E-state index in [2.05, 4.69) is 0 Å². The van der Waals surface area contributed by atoms with Crippen molar-refractivity contribution in [1.82, 2.24) is 4.90 Å². The molecule has 19 heavy (non-hydrogen) atoms. The highest BCUT2D eigenvalue weighted by Crippen LogP contribution is 2.12. The van der Waals surface area contributed by atoms with E-state index in [1.165, 1.54) is 0 Å². The van der Waals surface area contributed by atoms with Gasteiger partial charge in [0.05, 0.1) is 5.60 Å². The number of hydrogen-bond donors (Lipinski definition) is 1. The number of aryl methyl sites for hydroxylation is 1. The second-order valence-electron chi connectivity index (χ2n) is 5.32. The number of rotatable bonds is 6. The molecule has 1 amide bonds. The molecule has 0 atom stereocenters. The van der Waals surface area contributed by atoms with Crippen LogP contribution in [0.2, 0.25) is 0 Å². The van der Waals surface area contributed by atoms with E-state index >= 15 is 0 Å². The topological polar surface area (TPSA) is 49.8 Å². The summed E-state index contributed by atoms with van der Waals surface area (Å²) >= 11 is 0. The Hall–Kier alpha value is -1.55. The molecule has 0 aliphatic carbocycles. The minimum Gasteiger partial charge on any atom is -0.484 e. The van der Waals surface area contributed by atoms with Gasteiger partial charge in [0.25, 0.3) is 5.91 Å². The van der Waals surface area contributed by atoms with Crippen LogP contribution in [-0.2, 0) is 4.79 Å². The molecule has 0 saturated carbocycles. The molecule has 0 fully saturated rings. The highest BCUT2D eigenvalue weighted by Gasteiger charge is 2.21. The molecule has 4 nitrogen and oxygen atoms in total. The molecule has 0 aromatic heterocycles. The number of carbonyl (C=O) groups excluding carboxylic acids is 1. The molecule has 1 aromatic carbocycles. The van der Waals surface area contributed by atoms with Crippen molar-refractivity contribution in [3.63, 3.8) is 0 Å². The quantitative estimate of drug-likeness (QED) is 0.856. The first kappa shape index (κ1) is 15.5. The normalized spacial score (nSPS) is 11.2. The van der Waals surface area contributed by atoms with Gasteiger partial charge in [0.15, 0.2) is 6.61 Å². The smallest absolute Gasteiger partial charge is 0.260 e. The third-order valence-electron chi connectivity index (χ3n) is 2.70. The van der Waals surface area contributed by atoms with E-state index in [1.54, 1.807) is 18.7 Å². The van der Waals surface area contributed by atoms with Gasteiger partial charge in [0.2, 0.25) is 0 Å². The molecule has 1 aromatic rings. The number of aliphatic hydroxyl groups is 1. The fraction of sp³-hybridized carbons (Fsp3) is 0.533. The lowest BCUT2D eigenvalue weighted by molar-refractivity contribution is -0.136. The minimum absolute atomic E-state index is 0.00696. The molecular weight excluding hydrogens is 242 g/mol. The van der Waals surface area contributed by atoms with Gasteiger partial charge >= 0.3 is 0 Å². The van der Waals surface area contributed by atoms with Crippen molar-refractivity contribution in [2.45, 2.75) is 33.3 Å². The lowest BCUT2D eigenvalue weighted by atomic mass is 10.1. The van der Waals surface area contributed by atoms with Crippen LogP contribution in [0.3, 0.4) is 0 Å². The predicted octanol–water partition coefficient (Wildman–Crippen LogP) is 1.99. The summed E-state index contributed by atoms with van der Waals surface area (Å²) in [6.45, 7) is 8.10. The molecule has 0 aliphatic rings. The van der Waals surface area contributed by atoms with Gasteiger partial charge in [-0.2, -0.15) is 0 Å². The number of carbonyl (C=O) groups is 1. The summed E-state index contributed by atoms with van der Waals surface area (Å²) in [6.07, 6.45) is 0. The maximum Gasteiger partial charge on any atom is 0.260 e. The summed E-state index contributed by atoms with van der Waals surface area (Å²) in [7, 11) is 0. The lowest BCUT2D eigenvalue weighted by Gasteiger charge is -2.28. The molecule has 4 heteroatoms. The Morgan fingerprint density at radius 3 is 2.37 bits per heavy atom. The van der Waals surface area contributed by atoms with E-state index in [0.717, 1.165) is 5.56 Å². The summed E-state index contributed by atoms with van der Waals surface area (Å²) in [6, 6.07) is 7.56. The van der Waals surface area contributed by atoms with Crippen LogP contribution in [0.15, 0.2) is 24.3 Å². The molecule has 0 radical (unpaired) electrons. The van der Waals surface area contributed by atoms with Crippen molar-refractivity contribution in [2.24, 2.45) is 0 Å². The SMILES string of the molecule is CCN(CC(C)(C)O)C(=O)COc1ccc(C)cc1. The molecule has 0 aliphatic heterocycles. The standard InChI is InChI=1S/C15H23NO3/c1-5-16(11-15(3,4)18)14(17)10-19-13-8-6-12(2)7-9-13/h6-9,18H,5,10-11H2,1-4H3. The zero-order valence-electron chi connectivity index (χ0n) is 12.1. The van der Waals surface area contributed by atoms with Crippen LogP contribution in [0.1, 0.15) is 26.3 Å². The van der Waals surface area contributed by atoms with E-state index in [-0.39, 0.29) is 12.5 Å². The van der Waals surface area contributed by atoms with E-state index in [0.29, 0.717) is 18.8 Å². The number of amides is 1. The second-order valence-corrected chi connectivity index (χ2v) is 5.32. The van der Waals surface area contributed by atoms with Crippen LogP contribution in [0.25, 0.3) is 0 Å². The van der Waals surface area contributed by atoms with Crippen LogP contribution < -0.4 is 4.74 Å². The third-order valence-corrected chi connectivity index (χ3v) is 2.70. The lowest BCUT2D eigenvalue weighted by Crippen LogP contribution is -2.44. The second kappa shape index (κ2) is 6.57. The first-order valence-electron chi connectivity index (χ1n) is 6.51. The van der Waals surface area contributed by atoms with E-state index in [9.17, 15) is 9.90 Å². The number of ether oxygens (including phenoxy) is 1. The molecule has 0 spiro atoms. The van der Waals surface area contributed by atoms with Crippen molar-refractivity contribution in [2.75, 3.05) is 19.7 Å². The zero-order chi connectivity index (χ0) is 14.5. The van der Waals surface area contributed by atoms with E-state index < -0.39 is 5.60 Å². The fourth-order valence-electron chi connectivity index (χ4n) is 1.71. The maximum atomic E-state index is 12.0. The van der Waals surface area contributed by atoms with E-state index in [4.69, 9.17) is 4.74 Å². The highest BCUT2D eigenvalue weighted by atomic mass is 16.5. The van der Waals surface area contributed by atoms with Crippen LogP contribution in [-0.4, -0.2) is 41.2 Å². The highest BCUT2D eigenvalue weighted by molar-refractivity contribution is 5.77. The van der Waals surface area contributed by atoms with Gasteiger partial charge in [-0.05, 0) is 39.8 Å². The number of benzene rings is 1. The summed E-state index contributed by atoms with van der Waals surface area (Å²) in [5.74, 6) is 0.559. The summed E-state index contributed by atoms with van der Waals surface area (Å²) < 4.78 is 5.45. The van der Waals surface area contributed by atoms with Gasteiger partial charge in [0, 0.05) is 13.1 Å². The number of hydrogen-bond acceptors (Lipinski definition) is 3. The first-order chi connectivity index (χ1) is 8.81. The predicted molar refractivity (Wildman–Crippen MR) is 75.2 cm³/mol. The molecule has 0 bridgehead atoms. The van der Waals surface area contributed by atoms with Crippen molar-refractivity contribution < 1.29 is 14.6 Å². The van der Waals surface area contributed by atoms with Crippen LogP contribution in [0.5, 0.6) is 5.75 Å². The average Bonchev–Trinajstić information content (AvgIpc) is 2.34. The molecule has 0 unspecified atom stereocenters. The van der Waals surface area contributed by atoms with Gasteiger partial charge in [0.1, 0.15) is 5.75 Å². The van der Waals surface area contributed by atoms with Crippen LogP contribution in [0, 0.1) is 6.92 Å². The van der Waals surface area contributed by atoms with Crippen molar-refractivity contribution >= 4 is 5.91 Å². The molecule has 1 rings (SSSR count). The fourth-order valence-corrected chi connectivity index (χ4v) is 1.71. The Labute approximate surface area is 115 Å². The number of likely N-dealkylation sites (N-methyl/N-ethyl adjacent to an activating group) is 1. The molecule has 0 heterocycles. The number of nitrogens with zero attached hydrogens (tertiary/aromatic N) is 1. The Kier molecular flexibility index (Phi) is 5.36. The van der Waals surface area contributed by atoms with Gasteiger partial charge in [-0.15, -0.1) is 0 Å². The molecule has 106 valence electrons. The maximum absolute atomic E-state index is 12.0. The monoisotopic (exact) mass is 265 g/mol. The van der Waals surface area contributed by atoms with Gasteiger partial charge in [-0.25, -0.2) is 0 Å². The molecule has 1 N–H and O–H groups in total. The van der Waals surface area contributed by atoms with Crippen molar-refractivity contribution in [1.29, 1.82) is 0 Å². The van der Waals surface area contributed by atoms with Gasteiger partial charge < -0.3 is 14.7 Å².